The van der Waals surface area contributed by atoms with E-state index in [4.69, 9.17) is 9.26 Å². The number of nitrogens with one attached hydrogen (secondary N) is 3. The van der Waals surface area contributed by atoms with E-state index in [1.54, 1.807) is 7.05 Å². The van der Waals surface area contributed by atoms with E-state index in [1.807, 2.05) is 30.3 Å². The first-order valence-corrected chi connectivity index (χ1v) is 11.5. The van der Waals surface area contributed by atoms with Gasteiger partial charge in [0.25, 0.3) is 5.91 Å². The molecule has 1 heterocycles. The average Bonchev–Trinajstić information content (AvgIpc) is 3.50. The smallest absolute Gasteiger partial charge is 0.258 e. The van der Waals surface area contributed by atoms with E-state index in [1.165, 1.54) is 5.56 Å². The second kappa shape index (κ2) is 14.1. The van der Waals surface area contributed by atoms with Gasteiger partial charge in [0.05, 0.1) is 12.2 Å². The highest BCUT2D eigenvalue weighted by Crippen LogP contribution is 2.22. The number of aromatic nitrogens is 1. The lowest BCUT2D eigenvalue weighted by Gasteiger charge is -2.11. The zero-order valence-corrected chi connectivity index (χ0v) is 22.1. The Hall–Kier alpha value is -2.30. The molecule has 1 aromatic carbocycles. The number of benzene rings is 1. The van der Waals surface area contributed by atoms with Crippen molar-refractivity contribution in [2.24, 2.45) is 4.99 Å². The van der Waals surface area contributed by atoms with Crippen LogP contribution in [0.5, 0.6) is 5.75 Å². The number of carbonyl (C=O) groups is 1. The summed E-state index contributed by atoms with van der Waals surface area (Å²) in [6, 6.07) is 10.2. The van der Waals surface area contributed by atoms with Gasteiger partial charge in [-0.15, -0.1) is 24.0 Å². The zero-order chi connectivity index (χ0) is 22.8. The molecule has 8 nitrogen and oxygen atoms in total. The zero-order valence-electron chi connectivity index (χ0n) is 19.7. The maximum Gasteiger partial charge on any atom is 0.258 e. The van der Waals surface area contributed by atoms with Crippen molar-refractivity contribution in [3.05, 3.63) is 47.3 Å². The first-order valence-electron chi connectivity index (χ1n) is 11.5. The molecule has 1 aliphatic rings. The third-order valence-corrected chi connectivity index (χ3v) is 5.58. The van der Waals surface area contributed by atoms with Crippen LogP contribution < -0.4 is 20.7 Å². The molecular weight excluding hydrogens is 533 g/mol. The van der Waals surface area contributed by atoms with E-state index in [-0.39, 0.29) is 36.5 Å². The molecule has 0 radical (unpaired) electrons. The lowest BCUT2D eigenvalue weighted by atomic mass is 9.99. The predicted octanol–water partition coefficient (Wildman–Crippen LogP) is 3.76. The highest BCUT2D eigenvalue weighted by atomic mass is 127. The van der Waals surface area contributed by atoms with Gasteiger partial charge in [0.2, 0.25) is 0 Å². The maximum atomic E-state index is 11.7. The number of halogens is 1. The molecule has 0 saturated heterocycles. The summed E-state index contributed by atoms with van der Waals surface area (Å²) in [6.45, 7) is 5.67. The third kappa shape index (κ3) is 9.23. The molecule has 1 amide bonds. The Kier molecular flexibility index (Phi) is 11.5. The minimum atomic E-state index is -0.0586. The molecule has 3 N–H and O–H groups in total. The van der Waals surface area contributed by atoms with Crippen LogP contribution in [0.4, 0.5) is 0 Å². The van der Waals surface area contributed by atoms with E-state index in [0.29, 0.717) is 30.2 Å². The van der Waals surface area contributed by atoms with Crippen LogP contribution in [0.2, 0.25) is 0 Å². The summed E-state index contributed by atoms with van der Waals surface area (Å²) in [5, 5.41) is 13.7. The van der Waals surface area contributed by atoms with Gasteiger partial charge in [-0.1, -0.05) is 31.1 Å². The maximum absolute atomic E-state index is 11.7. The van der Waals surface area contributed by atoms with Crippen molar-refractivity contribution in [2.45, 2.75) is 64.5 Å². The lowest BCUT2D eigenvalue weighted by molar-refractivity contribution is -0.123. The molecule has 0 bridgehead atoms. The highest BCUT2D eigenvalue weighted by Gasteiger charge is 2.23. The molecule has 182 valence electrons. The van der Waals surface area contributed by atoms with Crippen LogP contribution in [0.15, 0.2) is 39.8 Å². The molecule has 0 atom stereocenters. The predicted molar refractivity (Wildman–Crippen MR) is 140 cm³/mol. The van der Waals surface area contributed by atoms with Crippen LogP contribution in [-0.4, -0.2) is 43.3 Å². The van der Waals surface area contributed by atoms with Gasteiger partial charge in [-0.2, -0.15) is 0 Å². The van der Waals surface area contributed by atoms with Gasteiger partial charge in [-0.25, -0.2) is 0 Å². The number of guanidine groups is 1. The average molecular weight is 569 g/mol. The quantitative estimate of drug-likeness (QED) is 0.205. The molecule has 0 aliphatic heterocycles. The number of hydrogen-bond acceptors (Lipinski definition) is 5. The van der Waals surface area contributed by atoms with E-state index >= 15 is 0 Å². The molecule has 1 aliphatic carbocycles. The minimum absolute atomic E-state index is 0. The van der Waals surface area contributed by atoms with E-state index in [0.717, 1.165) is 50.1 Å². The van der Waals surface area contributed by atoms with Crippen molar-refractivity contribution >= 4 is 35.8 Å². The second-order valence-electron chi connectivity index (χ2n) is 8.11. The molecule has 3 rings (SSSR count). The standard InChI is InChI=1S/C24H35N5O3.HI/c1-4-18(5-2)22-14-21(32-29-22)15-27-24(25-3)26-13-12-17-6-10-20(11-7-17)31-16-23(30)28-19-8-9-19;/h6-7,10-11,14,18-19H,4-5,8-9,12-13,15-16H2,1-3H3,(H,28,30)(H2,25,26,27);1H. The Morgan fingerprint density at radius 1 is 1.21 bits per heavy atom. The Bertz CT molecular complexity index is 876. The van der Waals surface area contributed by atoms with Gasteiger partial charge in [0.1, 0.15) is 5.75 Å². The number of rotatable bonds is 12. The summed E-state index contributed by atoms with van der Waals surface area (Å²) in [4.78, 5) is 16.0. The number of aliphatic imine (C=N–C) groups is 1. The van der Waals surface area contributed by atoms with Gasteiger partial charge in [0.15, 0.2) is 18.3 Å². The first-order chi connectivity index (χ1) is 15.6. The van der Waals surface area contributed by atoms with Crippen molar-refractivity contribution < 1.29 is 14.1 Å². The van der Waals surface area contributed by atoms with E-state index in [9.17, 15) is 4.79 Å². The summed E-state index contributed by atoms with van der Waals surface area (Å²) in [7, 11) is 1.75. The Balaban J connectivity index is 0.00000385. The molecular formula is C24H36IN5O3. The number of hydrogen-bond donors (Lipinski definition) is 3. The topological polar surface area (TPSA) is 101 Å². The fourth-order valence-electron chi connectivity index (χ4n) is 3.43. The number of carbonyl (C=O) groups excluding carboxylic acids is 1. The highest BCUT2D eigenvalue weighted by molar-refractivity contribution is 14.0. The van der Waals surface area contributed by atoms with Crippen LogP contribution in [-0.2, 0) is 17.8 Å². The van der Waals surface area contributed by atoms with Crippen LogP contribution in [0.3, 0.4) is 0 Å². The normalized spacial score (nSPS) is 13.4. The van der Waals surface area contributed by atoms with Gasteiger partial charge in [-0.3, -0.25) is 9.79 Å². The summed E-state index contributed by atoms with van der Waals surface area (Å²) < 4.78 is 11.0. The van der Waals surface area contributed by atoms with Gasteiger partial charge in [-0.05, 0) is 49.8 Å². The number of amides is 1. The van der Waals surface area contributed by atoms with Crippen molar-refractivity contribution in [3.63, 3.8) is 0 Å². The van der Waals surface area contributed by atoms with Gasteiger partial charge in [0, 0.05) is 31.6 Å². The molecule has 33 heavy (non-hydrogen) atoms. The number of ether oxygens (including phenoxy) is 1. The molecule has 9 heteroatoms. The van der Waals surface area contributed by atoms with Crippen LogP contribution >= 0.6 is 24.0 Å². The van der Waals surface area contributed by atoms with Crippen molar-refractivity contribution in [2.75, 3.05) is 20.2 Å². The second-order valence-corrected chi connectivity index (χ2v) is 8.11. The Labute approximate surface area is 213 Å². The fraction of sp³-hybridized carbons (Fsp3) is 0.542. The molecule has 1 fully saturated rings. The van der Waals surface area contributed by atoms with Gasteiger partial charge < -0.3 is 25.2 Å². The lowest BCUT2D eigenvalue weighted by Crippen LogP contribution is -2.37. The van der Waals surface area contributed by atoms with Gasteiger partial charge >= 0.3 is 0 Å². The monoisotopic (exact) mass is 569 g/mol. The first kappa shape index (κ1) is 26.9. The summed E-state index contributed by atoms with van der Waals surface area (Å²) in [5.41, 5.74) is 2.19. The number of nitrogens with zero attached hydrogens (tertiary/aromatic N) is 2. The van der Waals surface area contributed by atoms with E-state index in [2.05, 4.69) is 39.9 Å². The Morgan fingerprint density at radius 2 is 1.94 bits per heavy atom. The fourth-order valence-corrected chi connectivity index (χ4v) is 3.43. The van der Waals surface area contributed by atoms with E-state index < -0.39 is 0 Å². The Morgan fingerprint density at radius 3 is 2.58 bits per heavy atom. The SMILES string of the molecule is CCC(CC)c1cc(CNC(=NC)NCCc2ccc(OCC(=O)NC3CC3)cc2)on1.I. The third-order valence-electron chi connectivity index (χ3n) is 5.58. The van der Waals surface area contributed by atoms with Crippen LogP contribution in [0.1, 0.15) is 62.5 Å². The summed E-state index contributed by atoms with van der Waals surface area (Å²) >= 11 is 0. The van der Waals surface area contributed by atoms with Crippen molar-refractivity contribution in [3.8, 4) is 5.75 Å². The molecule has 2 aromatic rings. The molecule has 1 aromatic heterocycles. The van der Waals surface area contributed by atoms with Crippen molar-refractivity contribution in [1.29, 1.82) is 0 Å². The molecule has 1 saturated carbocycles. The van der Waals surface area contributed by atoms with Crippen LogP contribution in [0.25, 0.3) is 0 Å². The largest absolute Gasteiger partial charge is 0.484 e. The van der Waals surface area contributed by atoms with Crippen LogP contribution in [0, 0.1) is 0 Å². The summed E-state index contributed by atoms with van der Waals surface area (Å²) in [6.07, 6.45) is 5.11. The molecule has 0 spiro atoms. The minimum Gasteiger partial charge on any atom is -0.484 e. The molecule has 0 unspecified atom stereocenters. The summed E-state index contributed by atoms with van der Waals surface area (Å²) in [5.74, 6) is 2.60. The van der Waals surface area contributed by atoms with Crippen molar-refractivity contribution in [1.82, 2.24) is 21.1 Å².